The van der Waals surface area contributed by atoms with E-state index >= 15 is 0 Å². The maximum Gasteiger partial charge on any atom is 0.405 e. The van der Waals surface area contributed by atoms with Gasteiger partial charge in [0.2, 0.25) is 10.0 Å². The van der Waals surface area contributed by atoms with Crippen molar-refractivity contribution >= 4 is 27.8 Å². The van der Waals surface area contributed by atoms with Crippen LogP contribution in [-0.2, 0) is 10.0 Å². The molecular formula is C14H24N4O6S. The summed E-state index contributed by atoms with van der Waals surface area (Å²) < 4.78 is 29.8. The van der Waals surface area contributed by atoms with Gasteiger partial charge in [-0.05, 0) is 47.5 Å². The fraction of sp³-hybridized carbons (Fsp3) is 0.643. The summed E-state index contributed by atoms with van der Waals surface area (Å²) in [5.74, 6) is 0.432. The molecule has 0 atom stereocenters. The van der Waals surface area contributed by atoms with Gasteiger partial charge in [0.05, 0.1) is 5.25 Å². The zero-order valence-corrected chi connectivity index (χ0v) is 15.7. The van der Waals surface area contributed by atoms with E-state index in [1.807, 2.05) is 4.72 Å². The van der Waals surface area contributed by atoms with E-state index in [2.05, 4.69) is 15.8 Å². The topological polar surface area (TPSA) is 151 Å². The van der Waals surface area contributed by atoms with Crippen molar-refractivity contribution in [1.82, 2.24) is 15.2 Å². The monoisotopic (exact) mass is 376 g/mol. The second-order valence-corrected chi connectivity index (χ2v) is 8.64. The number of hydrogen-bond acceptors (Lipinski definition) is 6. The fourth-order valence-electron chi connectivity index (χ4n) is 1.71. The van der Waals surface area contributed by atoms with Crippen LogP contribution >= 0.6 is 0 Å². The molecule has 0 aliphatic heterocycles. The van der Waals surface area contributed by atoms with Crippen molar-refractivity contribution in [2.75, 3.05) is 5.32 Å². The Morgan fingerprint density at radius 1 is 1.24 bits per heavy atom. The van der Waals surface area contributed by atoms with E-state index in [1.165, 1.54) is 0 Å². The predicted molar refractivity (Wildman–Crippen MR) is 91.0 cm³/mol. The number of sulfonamides is 1. The Kier molecular flexibility index (Phi) is 6.41. The molecule has 10 nitrogen and oxygen atoms in total. The molecule has 1 heterocycles. The first kappa shape index (κ1) is 20.7. The first-order valence-corrected chi connectivity index (χ1v) is 9.13. The average Bonchev–Trinajstić information content (AvgIpc) is 3.20. The summed E-state index contributed by atoms with van der Waals surface area (Å²) in [4.78, 5) is 21.4. The molecule has 0 bridgehead atoms. The summed E-state index contributed by atoms with van der Waals surface area (Å²) in [5.41, 5.74) is 0.571. The highest BCUT2D eigenvalue weighted by Gasteiger charge is 2.37. The molecule has 0 saturated heterocycles. The number of carbonyl (C=O) groups excluding carboxylic acids is 1. The van der Waals surface area contributed by atoms with Crippen molar-refractivity contribution in [3.05, 3.63) is 11.5 Å². The number of aryl methyl sites for hydroxylation is 2. The van der Waals surface area contributed by atoms with Crippen molar-refractivity contribution in [3.63, 3.8) is 0 Å². The van der Waals surface area contributed by atoms with Crippen LogP contribution in [0.2, 0.25) is 0 Å². The third-order valence-electron chi connectivity index (χ3n) is 2.95. The third kappa shape index (κ3) is 7.42. The number of aromatic nitrogens is 1. The van der Waals surface area contributed by atoms with Crippen LogP contribution in [0.15, 0.2) is 4.52 Å². The molecule has 0 spiro atoms. The van der Waals surface area contributed by atoms with Crippen LogP contribution in [-0.4, -0.2) is 41.6 Å². The molecule has 0 radical (unpaired) electrons. The molecule has 25 heavy (non-hydrogen) atoms. The number of carboxylic acid groups (broad SMARTS) is 1. The minimum Gasteiger partial charge on any atom is -0.465 e. The highest BCUT2D eigenvalue weighted by atomic mass is 32.2. The number of nitrogens with zero attached hydrogens (tertiary/aromatic N) is 1. The van der Waals surface area contributed by atoms with Gasteiger partial charge in [-0.3, -0.25) is 0 Å². The summed E-state index contributed by atoms with van der Waals surface area (Å²) in [6, 6.07) is -0.786. The summed E-state index contributed by atoms with van der Waals surface area (Å²) in [5, 5.41) is 16.1. The van der Waals surface area contributed by atoms with E-state index in [1.54, 1.807) is 34.6 Å². The number of hydrogen-bond donors (Lipinski definition) is 4. The molecule has 142 valence electrons. The minimum atomic E-state index is -3.53. The zero-order chi connectivity index (χ0) is 19.4. The second-order valence-electron chi connectivity index (χ2n) is 6.68. The van der Waals surface area contributed by atoms with E-state index in [0.717, 1.165) is 0 Å². The zero-order valence-electron chi connectivity index (χ0n) is 14.8. The van der Waals surface area contributed by atoms with Gasteiger partial charge in [0, 0.05) is 5.54 Å². The third-order valence-corrected chi connectivity index (χ3v) is 4.77. The molecular weight excluding hydrogens is 352 g/mol. The average molecular weight is 376 g/mol. The number of anilines is 1. The van der Waals surface area contributed by atoms with E-state index in [0.29, 0.717) is 30.0 Å². The molecule has 4 N–H and O–H groups in total. The Hall–Kier alpha value is -2.30. The van der Waals surface area contributed by atoms with Gasteiger partial charge in [-0.25, -0.2) is 22.7 Å². The number of urea groups is 1. The SMILES string of the molecule is CC(C)(C)NC(=O)O.Cc1noc(C)c1NC(=O)NS(=O)(=O)C1CC1. The maximum absolute atomic E-state index is 11.5. The summed E-state index contributed by atoms with van der Waals surface area (Å²) in [6.07, 6.45) is 0.236. The van der Waals surface area contributed by atoms with Crippen molar-refractivity contribution in [3.8, 4) is 0 Å². The van der Waals surface area contributed by atoms with Crippen molar-refractivity contribution in [2.24, 2.45) is 0 Å². The largest absolute Gasteiger partial charge is 0.465 e. The Bertz CT molecular complexity index is 711. The van der Waals surface area contributed by atoms with Crippen molar-refractivity contribution < 1.29 is 27.6 Å². The van der Waals surface area contributed by atoms with Crippen LogP contribution in [0, 0.1) is 13.8 Å². The van der Waals surface area contributed by atoms with Gasteiger partial charge in [-0.15, -0.1) is 0 Å². The normalized spacial score (nSPS) is 14.1. The Balaban J connectivity index is 0.000000333. The Morgan fingerprint density at radius 3 is 2.12 bits per heavy atom. The number of rotatable bonds is 3. The Morgan fingerprint density at radius 2 is 1.80 bits per heavy atom. The van der Waals surface area contributed by atoms with Gasteiger partial charge >= 0.3 is 12.1 Å². The summed E-state index contributed by atoms with van der Waals surface area (Å²) in [7, 11) is -3.53. The molecule has 0 aromatic carbocycles. The molecule has 1 saturated carbocycles. The van der Waals surface area contributed by atoms with Gasteiger partial charge in [0.25, 0.3) is 0 Å². The first-order valence-electron chi connectivity index (χ1n) is 7.58. The Labute approximate surface area is 146 Å². The van der Waals surface area contributed by atoms with Crippen molar-refractivity contribution in [1.29, 1.82) is 0 Å². The standard InChI is InChI=1S/C9H13N3O4S.C5H11NO2/c1-5-8(6(2)16-11-5)10-9(13)12-17(14,15)7-3-4-7;1-5(2,3)6-4(7)8/h7H,3-4H2,1-2H3,(H2,10,12,13);6H,1-3H3,(H,7,8). The molecule has 1 fully saturated rings. The molecule has 1 aliphatic rings. The van der Waals surface area contributed by atoms with E-state index in [9.17, 15) is 18.0 Å². The van der Waals surface area contributed by atoms with Crippen molar-refractivity contribution in [2.45, 2.75) is 58.2 Å². The lowest BCUT2D eigenvalue weighted by Crippen LogP contribution is -2.39. The summed E-state index contributed by atoms with van der Waals surface area (Å²) in [6.45, 7) is 8.66. The van der Waals surface area contributed by atoms with E-state index < -0.39 is 27.4 Å². The second kappa shape index (κ2) is 7.72. The molecule has 1 aromatic rings. The molecule has 11 heteroatoms. The van der Waals surface area contributed by atoms with Gasteiger partial charge in [-0.2, -0.15) is 0 Å². The smallest absolute Gasteiger partial charge is 0.405 e. The van der Waals surface area contributed by atoms with Crippen LogP contribution in [0.25, 0.3) is 0 Å². The quantitative estimate of drug-likeness (QED) is 0.629. The predicted octanol–water partition coefficient (Wildman–Crippen LogP) is 1.96. The molecule has 0 unspecified atom stereocenters. The number of carbonyl (C=O) groups is 2. The minimum absolute atomic E-state index is 0.328. The number of nitrogens with one attached hydrogen (secondary N) is 3. The summed E-state index contributed by atoms with van der Waals surface area (Å²) >= 11 is 0. The van der Waals surface area contributed by atoms with E-state index in [4.69, 9.17) is 9.63 Å². The molecule has 3 amide bonds. The van der Waals surface area contributed by atoms with Gasteiger partial charge < -0.3 is 20.3 Å². The fourth-order valence-corrected chi connectivity index (χ4v) is 2.94. The highest BCUT2D eigenvalue weighted by Crippen LogP contribution is 2.27. The lowest BCUT2D eigenvalue weighted by Gasteiger charge is -2.16. The van der Waals surface area contributed by atoms with Gasteiger partial charge in [-0.1, -0.05) is 5.16 Å². The lowest BCUT2D eigenvalue weighted by atomic mass is 10.1. The van der Waals surface area contributed by atoms with Crippen LogP contribution in [0.4, 0.5) is 15.3 Å². The van der Waals surface area contributed by atoms with Crippen LogP contribution < -0.4 is 15.4 Å². The molecule has 2 rings (SSSR count). The molecule has 1 aliphatic carbocycles. The highest BCUT2D eigenvalue weighted by molar-refractivity contribution is 7.90. The first-order chi connectivity index (χ1) is 11.3. The van der Waals surface area contributed by atoms with Crippen LogP contribution in [0.1, 0.15) is 45.1 Å². The molecule has 1 aromatic heterocycles. The lowest BCUT2D eigenvalue weighted by molar-refractivity contribution is 0.184. The van der Waals surface area contributed by atoms with E-state index in [-0.39, 0.29) is 5.54 Å². The van der Waals surface area contributed by atoms with Gasteiger partial charge in [0.1, 0.15) is 11.4 Å². The maximum atomic E-state index is 11.5. The number of amides is 3. The van der Waals surface area contributed by atoms with Crippen LogP contribution in [0.3, 0.4) is 0 Å². The van der Waals surface area contributed by atoms with Crippen LogP contribution in [0.5, 0.6) is 0 Å². The van der Waals surface area contributed by atoms with Gasteiger partial charge in [0.15, 0.2) is 5.76 Å².